The number of ether oxygens (including phenoxy) is 2. The monoisotopic (exact) mass is 347 g/mol. The van der Waals surface area contributed by atoms with Gasteiger partial charge in [-0.15, -0.1) is 0 Å². The standard InChI is InChI=1S/C20H29NO4/c1-6-12-24-18(22)15(2)13-17(14-16-10-8-7-9-11-16)21-19(23)25-20(3,4)5/h6-11,15,17H,1,12-14H2,2-5H3,(H,21,23)/t15-,17+/m0/s1. The summed E-state index contributed by atoms with van der Waals surface area (Å²) in [7, 11) is 0. The van der Waals surface area contributed by atoms with E-state index in [0.29, 0.717) is 12.8 Å². The van der Waals surface area contributed by atoms with Gasteiger partial charge in [-0.05, 0) is 39.2 Å². The van der Waals surface area contributed by atoms with Gasteiger partial charge in [0.15, 0.2) is 0 Å². The van der Waals surface area contributed by atoms with Crippen LogP contribution in [0.3, 0.4) is 0 Å². The number of esters is 1. The third-order valence-corrected chi connectivity index (χ3v) is 3.43. The average Bonchev–Trinajstić information content (AvgIpc) is 2.51. The highest BCUT2D eigenvalue weighted by Gasteiger charge is 2.24. The van der Waals surface area contributed by atoms with Crippen molar-refractivity contribution in [1.29, 1.82) is 0 Å². The largest absolute Gasteiger partial charge is 0.461 e. The van der Waals surface area contributed by atoms with Crippen molar-refractivity contribution in [1.82, 2.24) is 5.32 Å². The molecule has 0 spiro atoms. The topological polar surface area (TPSA) is 64.6 Å². The molecule has 1 amide bonds. The molecule has 1 rings (SSSR count). The molecular weight excluding hydrogens is 318 g/mol. The number of benzene rings is 1. The van der Waals surface area contributed by atoms with Crippen LogP contribution in [0.1, 0.15) is 39.7 Å². The fraction of sp³-hybridized carbons (Fsp3) is 0.500. The van der Waals surface area contributed by atoms with Crippen molar-refractivity contribution in [3.05, 3.63) is 48.6 Å². The molecule has 1 N–H and O–H groups in total. The van der Waals surface area contributed by atoms with Crippen molar-refractivity contribution < 1.29 is 19.1 Å². The zero-order chi connectivity index (χ0) is 18.9. The van der Waals surface area contributed by atoms with E-state index < -0.39 is 11.7 Å². The predicted octanol–water partition coefficient (Wildman–Crippen LogP) is 3.88. The number of amides is 1. The molecule has 0 saturated heterocycles. The Hall–Kier alpha value is -2.30. The third-order valence-electron chi connectivity index (χ3n) is 3.43. The molecule has 0 unspecified atom stereocenters. The summed E-state index contributed by atoms with van der Waals surface area (Å²) in [5, 5.41) is 2.87. The smallest absolute Gasteiger partial charge is 0.407 e. The number of nitrogens with one attached hydrogen (secondary N) is 1. The molecule has 5 heteroatoms. The van der Waals surface area contributed by atoms with E-state index in [2.05, 4.69) is 11.9 Å². The van der Waals surface area contributed by atoms with E-state index in [9.17, 15) is 9.59 Å². The first kappa shape index (κ1) is 20.7. The zero-order valence-corrected chi connectivity index (χ0v) is 15.6. The Morgan fingerprint density at radius 3 is 2.44 bits per heavy atom. The molecule has 0 fully saturated rings. The molecular formula is C20H29NO4. The Kier molecular flexibility index (Phi) is 8.19. The summed E-state index contributed by atoms with van der Waals surface area (Å²) in [6.45, 7) is 11.0. The normalized spacial score (nSPS) is 13.4. The maximum atomic E-state index is 12.1. The second-order valence-electron chi connectivity index (χ2n) is 7.09. The van der Waals surface area contributed by atoms with E-state index in [4.69, 9.17) is 9.47 Å². The first-order valence-corrected chi connectivity index (χ1v) is 8.52. The molecule has 0 aliphatic heterocycles. The van der Waals surface area contributed by atoms with E-state index in [1.54, 1.807) is 6.92 Å². The lowest BCUT2D eigenvalue weighted by Gasteiger charge is -2.25. The van der Waals surface area contributed by atoms with Gasteiger partial charge in [0.2, 0.25) is 0 Å². The highest BCUT2D eigenvalue weighted by Crippen LogP contribution is 2.15. The lowest BCUT2D eigenvalue weighted by Crippen LogP contribution is -2.41. The Balaban J connectivity index is 2.74. The molecule has 0 aliphatic carbocycles. The Bertz CT molecular complexity index is 563. The highest BCUT2D eigenvalue weighted by molar-refractivity contribution is 5.72. The summed E-state index contributed by atoms with van der Waals surface area (Å²) in [6.07, 6.45) is 2.12. The second-order valence-corrected chi connectivity index (χ2v) is 7.09. The van der Waals surface area contributed by atoms with Crippen LogP contribution in [0, 0.1) is 5.92 Å². The minimum Gasteiger partial charge on any atom is -0.461 e. The van der Waals surface area contributed by atoms with Crippen LogP contribution in [0.5, 0.6) is 0 Å². The van der Waals surface area contributed by atoms with Gasteiger partial charge in [-0.3, -0.25) is 4.79 Å². The summed E-state index contributed by atoms with van der Waals surface area (Å²) in [6, 6.07) is 9.58. The summed E-state index contributed by atoms with van der Waals surface area (Å²) >= 11 is 0. The summed E-state index contributed by atoms with van der Waals surface area (Å²) < 4.78 is 10.4. The lowest BCUT2D eigenvalue weighted by molar-refractivity contribution is -0.147. The number of carbonyl (C=O) groups excluding carboxylic acids is 2. The molecule has 0 saturated carbocycles. The minimum absolute atomic E-state index is 0.187. The molecule has 0 aromatic heterocycles. The van der Waals surface area contributed by atoms with Crippen LogP contribution in [0.15, 0.2) is 43.0 Å². The van der Waals surface area contributed by atoms with Crippen LogP contribution in [-0.2, 0) is 20.7 Å². The number of carbonyl (C=O) groups is 2. The van der Waals surface area contributed by atoms with E-state index in [-0.39, 0.29) is 24.5 Å². The van der Waals surface area contributed by atoms with Crippen molar-refractivity contribution >= 4 is 12.1 Å². The number of rotatable bonds is 8. The molecule has 0 aliphatic rings. The van der Waals surface area contributed by atoms with Crippen molar-refractivity contribution in [3.8, 4) is 0 Å². The summed E-state index contributed by atoms with van der Waals surface area (Å²) in [4.78, 5) is 24.1. The first-order chi connectivity index (χ1) is 11.7. The first-order valence-electron chi connectivity index (χ1n) is 8.52. The zero-order valence-electron chi connectivity index (χ0n) is 15.6. The van der Waals surface area contributed by atoms with E-state index >= 15 is 0 Å². The van der Waals surface area contributed by atoms with Gasteiger partial charge >= 0.3 is 12.1 Å². The molecule has 0 radical (unpaired) electrons. The van der Waals surface area contributed by atoms with E-state index in [1.807, 2.05) is 51.1 Å². The molecule has 2 atom stereocenters. The van der Waals surface area contributed by atoms with Crippen molar-refractivity contribution in [2.45, 2.75) is 52.2 Å². The Morgan fingerprint density at radius 2 is 1.88 bits per heavy atom. The third kappa shape index (κ3) is 8.94. The average molecular weight is 347 g/mol. The van der Waals surface area contributed by atoms with Gasteiger partial charge in [-0.1, -0.05) is 49.9 Å². The van der Waals surface area contributed by atoms with Crippen molar-refractivity contribution in [2.75, 3.05) is 6.61 Å². The molecule has 1 aromatic carbocycles. The molecule has 1 aromatic rings. The van der Waals surface area contributed by atoms with Crippen LogP contribution >= 0.6 is 0 Å². The SMILES string of the molecule is C=CCOC(=O)[C@@H](C)C[C@H](Cc1ccccc1)NC(=O)OC(C)(C)C. The van der Waals surface area contributed by atoms with Gasteiger partial charge in [-0.25, -0.2) is 4.79 Å². The van der Waals surface area contributed by atoms with E-state index in [0.717, 1.165) is 5.56 Å². The van der Waals surface area contributed by atoms with Gasteiger partial charge in [0.1, 0.15) is 12.2 Å². The predicted molar refractivity (Wildman–Crippen MR) is 98.2 cm³/mol. The van der Waals surface area contributed by atoms with Crippen LogP contribution < -0.4 is 5.32 Å². The van der Waals surface area contributed by atoms with Gasteiger partial charge in [-0.2, -0.15) is 0 Å². The Morgan fingerprint density at radius 1 is 1.24 bits per heavy atom. The molecule has 0 heterocycles. The number of alkyl carbamates (subject to hydrolysis) is 1. The summed E-state index contributed by atoms with van der Waals surface area (Å²) in [5.41, 5.74) is 0.505. The second kappa shape index (κ2) is 9.87. The van der Waals surface area contributed by atoms with Crippen LogP contribution in [0.4, 0.5) is 4.79 Å². The fourth-order valence-corrected chi connectivity index (χ4v) is 2.37. The van der Waals surface area contributed by atoms with Crippen molar-refractivity contribution in [3.63, 3.8) is 0 Å². The lowest BCUT2D eigenvalue weighted by atomic mass is 9.96. The minimum atomic E-state index is -0.574. The quantitative estimate of drug-likeness (QED) is 0.572. The summed E-state index contributed by atoms with van der Waals surface area (Å²) in [5.74, 6) is -0.646. The van der Waals surface area contributed by atoms with Crippen LogP contribution in [0.2, 0.25) is 0 Å². The fourth-order valence-electron chi connectivity index (χ4n) is 2.37. The van der Waals surface area contributed by atoms with Gasteiger partial charge in [0.05, 0.1) is 5.92 Å². The highest BCUT2D eigenvalue weighted by atomic mass is 16.6. The van der Waals surface area contributed by atoms with Gasteiger partial charge < -0.3 is 14.8 Å². The van der Waals surface area contributed by atoms with Gasteiger partial charge in [0.25, 0.3) is 0 Å². The molecule has 25 heavy (non-hydrogen) atoms. The molecule has 0 bridgehead atoms. The molecule has 138 valence electrons. The van der Waals surface area contributed by atoms with Gasteiger partial charge in [0, 0.05) is 6.04 Å². The maximum absolute atomic E-state index is 12.1. The van der Waals surface area contributed by atoms with Crippen LogP contribution in [-0.4, -0.2) is 30.3 Å². The van der Waals surface area contributed by atoms with E-state index in [1.165, 1.54) is 6.08 Å². The van der Waals surface area contributed by atoms with Crippen LogP contribution in [0.25, 0.3) is 0 Å². The number of hydrogen-bond acceptors (Lipinski definition) is 4. The number of hydrogen-bond donors (Lipinski definition) is 1. The maximum Gasteiger partial charge on any atom is 0.407 e. The molecule has 5 nitrogen and oxygen atoms in total. The van der Waals surface area contributed by atoms with Crippen molar-refractivity contribution in [2.24, 2.45) is 5.92 Å². The Labute approximate surface area is 150 Å².